The molecule has 0 aliphatic heterocycles. The lowest BCUT2D eigenvalue weighted by Crippen LogP contribution is -2.14. The largest absolute Gasteiger partial charge is 0.370 e. The molecule has 0 saturated carbocycles. The highest BCUT2D eigenvalue weighted by atomic mass is 79.9. The lowest BCUT2D eigenvalue weighted by molar-refractivity contribution is 0.102. The molecule has 0 aliphatic carbocycles. The zero-order valence-electron chi connectivity index (χ0n) is 11.1. The quantitative estimate of drug-likeness (QED) is 0.880. The molecule has 0 radical (unpaired) electrons. The van der Waals surface area contributed by atoms with Crippen molar-refractivity contribution in [2.75, 3.05) is 17.2 Å². The van der Waals surface area contributed by atoms with E-state index >= 15 is 0 Å². The number of nitrogens with one attached hydrogen (secondary N) is 2. The van der Waals surface area contributed by atoms with Crippen LogP contribution in [0.4, 0.5) is 11.5 Å². The molecule has 1 aromatic carbocycles. The number of aromatic nitrogens is 2. The third-order valence-corrected chi connectivity index (χ3v) is 3.09. The minimum absolute atomic E-state index is 0.255. The lowest BCUT2D eigenvalue weighted by Gasteiger charge is -2.07. The topological polar surface area (TPSA) is 66.9 Å². The van der Waals surface area contributed by atoms with Gasteiger partial charge in [0.2, 0.25) is 0 Å². The second-order valence-corrected chi connectivity index (χ2v) is 5.09. The number of hydrogen-bond donors (Lipinski definition) is 2. The second-order valence-electron chi connectivity index (χ2n) is 4.18. The summed E-state index contributed by atoms with van der Waals surface area (Å²) < 4.78 is 0.962. The third-order valence-electron chi connectivity index (χ3n) is 2.56. The molecule has 2 aromatic rings. The molecule has 104 valence electrons. The summed E-state index contributed by atoms with van der Waals surface area (Å²) >= 11 is 3.35. The van der Waals surface area contributed by atoms with Gasteiger partial charge in [-0.05, 0) is 30.7 Å². The first-order chi connectivity index (χ1) is 9.69. The molecule has 2 rings (SSSR count). The highest BCUT2D eigenvalue weighted by Gasteiger charge is 2.09. The van der Waals surface area contributed by atoms with E-state index in [1.54, 1.807) is 6.07 Å². The molecule has 1 amide bonds. The van der Waals surface area contributed by atoms with Crippen LogP contribution in [0.3, 0.4) is 0 Å². The van der Waals surface area contributed by atoms with Crippen LogP contribution in [0.1, 0.15) is 23.8 Å². The smallest absolute Gasteiger partial charge is 0.274 e. The van der Waals surface area contributed by atoms with Gasteiger partial charge in [-0.1, -0.05) is 22.9 Å². The van der Waals surface area contributed by atoms with Crippen molar-refractivity contribution in [3.63, 3.8) is 0 Å². The Morgan fingerprint density at radius 3 is 2.70 bits per heavy atom. The number of rotatable bonds is 5. The number of amides is 1. The van der Waals surface area contributed by atoms with Crippen molar-refractivity contribution in [1.29, 1.82) is 0 Å². The average Bonchev–Trinajstić information content (AvgIpc) is 2.48. The fraction of sp³-hybridized carbons (Fsp3) is 0.214. The van der Waals surface area contributed by atoms with E-state index in [0.29, 0.717) is 11.5 Å². The van der Waals surface area contributed by atoms with E-state index in [1.807, 2.05) is 24.3 Å². The predicted molar refractivity (Wildman–Crippen MR) is 82.9 cm³/mol. The van der Waals surface area contributed by atoms with Crippen molar-refractivity contribution in [2.45, 2.75) is 13.3 Å². The molecule has 0 saturated heterocycles. The minimum atomic E-state index is -0.255. The summed E-state index contributed by atoms with van der Waals surface area (Å²) in [5.41, 5.74) is 1.06. The molecular weight excluding hydrogens is 320 g/mol. The Hall–Kier alpha value is -1.95. The summed E-state index contributed by atoms with van der Waals surface area (Å²) in [7, 11) is 0. The molecule has 0 unspecified atom stereocenters. The van der Waals surface area contributed by atoms with Gasteiger partial charge in [-0.3, -0.25) is 4.79 Å². The van der Waals surface area contributed by atoms with Crippen LogP contribution < -0.4 is 10.6 Å². The first-order valence-corrected chi connectivity index (χ1v) is 7.11. The molecule has 0 aliphatic rings. The van der Waals surface area contributed by atoms with Crippen molar-refractivity contribution in [3.8, 4) is 0 Å². The number of anilines is 2. The summed E-state index contributed by atoms with van der Waals surface area (Å²) in [5, 5.41) is 5.91. The minimum Gasteiger partial charge on any atom is -0.370 e. The number of carbonyl (C=O) groups excluding carboxylic acids is 1. The van der Waals surface area contributed by atoms with Gasteiger partial charge in [-0.15, -0.1) is 0 Å². The van der Waals surface area contributed by atoms with Crippen LogP contribution in [-0.2, 0) is 0 Å². The van der Waals surface area contributed by atoms with E-state index in [9.17, 15) is 4.79 Å². The number of hydrogen-bond acceptors (Lipinski definition) is 4. The molecule has 0 atom stereocenters. The lowest BCUT2D eigenvalue weighted by atomic mass is 10.3. The van der Waals surface area contributed by atoms with Crippen molar-refractivity contribution in [3.05, 3.63) is 46.8 Å². The van der Waals surface area contributed by atoms with Crippen LogP contribution in [0.2, 0.25) is 0 Å². The zero-order valence-corrected chi connectivity index (χ0v) is 12.6. The van der Waals surface area contributed by atoms with Crippen LogP contribution >= 0.6 is 15.9 Å². The van der Waals surface area contributed by atoms with Gasteiger partial charge >= 0.3 is 0 Å². The van der Waals surface area contributed by atoms with Gasteiger partial charge < -0.3 is 10.6 Å². The Morgan fingerprint density at radius 1 is 1.25 bits per heavy atom. The summed E-state index contributed by atoms with van der Waals surface area (Å²) in [4.78, 5) is 20.1. The standard InChI is InChI=1S/C14H15BrN4O/c1-2-7-16-13-8-12(17-9-18-13)14(20)19-11-5-3-10(15)4-6-11/h3-6,8-9H,2,7H2,1H3,(H,19,20)(H,16,17,18). The van der Waals surface area contributed by atoms with Gasteiger partial charge in [0.1, 0.15) is 17.8 Å². The average molecular weight is 335 g/mol. The van der Waals surface area contributed by atoms with Crippen molar-refractivity contribution in [2.24, 2.45) is 0 Å². The maximum Gasteiger partial charge on any atom is 0.274 e. The van der Waals surface area contributed by atoms with Crippen molar-refractivity contribution in [1.82, 2.24) is 9.97 Å². The van der Waals surface area contributed by atoms with E-state index in [2.05, 4.69) is 43.5 Å². The Morgan fingerprint density at radius 2 is 2.00 bits per heavy atom. The van der Waals surface area contributed by atoms with Crippen LogP contribution in [0.5, 0.6) is 0 Å². The highest BCUT2D eigenvalue weighted by molar-refractivity contribution is 9.10. The fourth-order valence-corrected chi connectivity index (χ4v) is 1.82. The molecule has 0 spiro atoms. The first-order valence-electron chi connectivity index (χ1n) is 6.32. The van der Waals surface area contributed by atoms with E-state index in [-0.39, 0.29) is 5.91 Å². The Balaban J connectivity index is 2.06. The van der Waals surface area contributed by atoms with Crippen molar-refractivity contribution < 1.29 is 4.79 Å². The van der Waals surface area contributed by atoms with Gasteiger partial charge in [0, 0.05) is 22.8 Å². The normalized spacial score (nSPS) is 10.1. The molecular formula is C14H15BrN4O. The molecule has 2 N–H and O–H groups in total. The van der Waals surface area contributed by atoms with Gasteiger partial charge in [-0.2, -0.15) is 0 Å². The van der Waals surface area contributed by atoms with Gasteiger partial charge in [0.05, 0.1) is 0 Å². The SMILES string of the molecule is CCCNc1cc(C(=O)Nc2ccc(Br)cc2)ncn1. The maximum absolute atomic E-state index is 12.1. The molecule has 1 heterocycles. The van der Waals surface area contributed by atoms with Crippen molar-refractivity contribution >= 4 is 33.3 Å². The highest BCUT2D eigenvalue weighted by Crippen LogP contribution is 2.15. The molecule has 1 aromatic heterocycles. The monoisotopic (exact) mass is 334 g/mol. The predicted octanol–water partition coefficient (Wildman–Crippen LogP) is 3.31. The molecule has 6 heteroatoms. The Labute approximate surface area is 126 Å². The molecule has 0 bridgehead atoms. The van der Waals surface area contributed by atoms with E-state index in [4.69, 9.17) is 0 Å². The van der Waals surface area contributed by atoms with Crippen LogP contribution in [0.15, 0.2) is 41.1 Å². The summed E-state index contributed by atoms with van der Waals surface area (Å²) in [6.07, 6.45) is 2.37. The zero-order chi connectivity index (χ0) is 14.4. The summed E-state index contributed by atoms with van der Waals surface area (Å²) in [6.45, 7) is 2.88. The second kappa shape index (κ2) is 7.00. The van der Waals surface area contributed by atoms with Crippen LogP contribution in [0.25, 0.3) is 0 Å². The maximum atomic E-state index is 12.1. The first kappa shape index (κ1) is 14.5. The Kier molecular flexibility index (Phi) is 5.06. The van der Waals surface area contributed by atoms with Crippen LogP contribution in [-0.4, -0.2) is 22.4 Å². The number of benzene rings is 1. The van der Waals surface area contributed by atoms with E-state index in [1.165, 1.54) is 6.33 Å². The third kappa shape index (κ3) is 4.03. The molecule has 0 fully saturated rings. The number of nitrogens with zero attached hydrogens (tertiary/aromatic N) is 2. The van der Waals surface area contributed by atoms with Gasteiger partial charge in [0.15, 0.2) is 0 Å². The summed E-state index contributed by atoms with van der Waals surface area (Å²) in [5.74, 6) is 0.400. The van der Waals surface area contributed by atoms with Gasteiger partial charge in [-0.25, -0.2) is 9.97 Å². The number of halogens is 1. The fourth-order valence-electron chi connectivity index (χ4n) is 1.56. The summed E-state index contributed by atoms with van der Waals surface area (Å²) in [6, 6.07) is 9.01. The van der Waals surface area contributed by atoms with Gasteiger partial charge in [0.25, 0.3) is 5.91 Å². The number of carbonyl (C=O) groups is 1. The molecule has 5 nitrogen and oxygen atoms in total. The Bertz CT molecular complexity index is 586. The van der Waals surface area contributed by atoms with Crippen LogP contribution in [0, 0.1) is 0 Å². The van der Waals surface area contributed by atoms with E-state index < -0.39 is 0 Å². The molecule has 20 heavy (non-hydrogen) atoms. The van der Waals surface area contributed by atoms with E-state index in [0.717, 1.165) is 23.1 Å².